The first-order valence-electron chi connectivity index (χ1n) is 9.20. The summed E-state index contributed by atoms with van der Waals surface area (Å²) in [5, 5.41) is 14.0. The quantitative estimate of drug-likeness (QED) is 0.321. The number of hydrogen-bond donors (Lipinski definition) is 2. The summed E-state index contributed by atoms with van der Waals surface area (Å²) in [6.07, 6.45) is 1.31. The zero-order chi connectivity index (χ0) is 22.4. The molecule has 0 fully saturated rings. The van der Waals surface area contributed by atoms with E-state index in [1.165, 1.54) is 25.5 Å². The number of benzene rings is 2. The van der Waals surface area contributed by atoms with Gasteiger partial charge >= 0.3 is 5.97 Å². The van der Waals surface area contributed by atoms with Gasteiger partial charge in [0.05, 0.1) is 36.1 Å². The molecule has 31 heavy (non-hydrogen) atoms. The van der Waals surface area contributed by atoms with Crippen molar-refractivity contribution >= 4 is 29.7 Å². The molecule has 0 unspecified atom stereocenters. The van der Waals surface area contributed by atoms with E-state index in [0.717, 1.165) is 0 Å². The Morgan fingerprint density at radius 1 is 1.16 bits per heavy atom. The topological polar surface area (TPSA) is 110 Å². The van der Waals surface area contributed by atoms with Crippen LogP contribution in [0.3, 0.4) is 0 Å². The number of esters is 1. The van der Waals surface area contributed by atoms with Crippen molar-refractivity contribution in [1.29, 1.82) is 0 Å². The number of ether oxygens (including phenoxy) is 2. The lowest BCUT2D eigenvalue weighted by Gasteiger charge is -2.06. The molecule has 9 heteroatoms. The predicted molar refractivity (Wildman–Crippen MR) is 115 cm³/mol. The number of phenols is 1. The molecule has 1 amide bonds. The number of furan rings is 1. The first kappa shape index (κ1) is 21.9. The molecular weight excluding hydrogens is 424 g/mol. The van der Waals surface area contributed by atoms with Gasteiger partial charge < -0.3 is 19.0 Å². The minimum atomic E-state index is -0.597. The summed E-state index contributed by atoms with van der Waals surface area (Å²) in [4.78, 5) is 24.2. The van der Waals surface area contributed by atoms with Crippen molar-refractivity contribution in [1.82, 2.24) is 5.43 Å². The molecule has 3 aromatic rings. The van der Waals surface area contributed by atoms with Gasteiger partial charge in [0.25, 0.3) is 5.91 Å². The summed E-state index contributed by atoms with van der Waals surface area (Å²) in [7, 11) is 1.46. The van der Waals surface area contributed by atoms with Crippen LogP contribution >= 0.6 is 11.6 Å². The monoisotopic (exact) mass is 442 g/mol. The van der Waals surface area contributed by atoms with Gasteiger partial charge in [-0.05, 0) is 49.4 Å². The molecule has 1 aromatic heterocycles. The third kappa shape index (κ3) is 5.23. The van der Waals surface area contributed by atoms with Gasteiger partial charge in [0.1, 0.15) is 23.0 Å². The molecule has 3 rings (SSSR count). The molecule has 1 heterocycles. The Morgan fingerprint density at radius 2 is 1.97 bits per heavy atom. The number of hydrazone groups is 1. The molecule has 0 saturated carbocycles. The van der Waals surface area contributed by atoms with E-state index in [9.17, 15) is 14.7 Å². The van der Waals surface area contributed by atoms with Crippen LogP contribution in [-0.2, 0) is 4.74 Å². The maximum atomic E-state index is 12.2. The molecule has 0 bridgehead atoms. The number of carbonyl (C=O) groups excluding carboxylic acids is 2. The highest BCUT2D eigenvalue weighted by atomic mass is 35.5. The van der Waals surface area contributed by atoms with Crippen LogP contribution in [0.2, 0.25) is 5.02 Å². The van der Waals surface area contributed by atoms with Crippen LogP contribution in [0.5, 0.6) is 11.5 Å². The number of aromatic hydroxyl groups is 1. The molecule has 0 aliphatic carbocycles. The van der Waals surface area contributed by atoms with Crippen LogP contribution in [0, 0.1) is 0 Å². The van der Waals surface area contributed by atoms with Crippen molar-refractivity contribution in [2.75, 3.05) is 13.7 Å². The average Bonchev–Trinajstić information content (AvgIpc) is 3.22. The van der Waals surface area contributed by atoms with Crippen LogP contribution in [0.1, 0.15) is 33.4 Å². The number of halogens is 1. The molecule has 160 valence electrons. The van der Waals surface area contributed by atoms with Gasteiger partial charge in [-0.25, -0.2) is 10.2 Å². The lowest BCUT2D eigenvalue weighted by Crippen LogP contribution is -2.17. The zero-order valence-electron chi connectivity index (χ0n) is 16.7. The third-order valence-corrected chi connectivity index (χ3v) is 4.51. The zero-order valence-corrected chi connectivity index (χ0v) is 17.5. The normalized spacial score (nSPS) is 10.8. The van der Waals surface area contributed by atoms with Crippen molar-refractivity contribution < 1.29 is 28.6 Å². The number of phenolic OH excluding ortho intramolecular Hbond substituents is 1. The maximum absolute atomic E-state index is 12.2. The third-order valence-electron chi connectivity index (χ3n) is 4.18. The SMILES string of the molecule is CCOC(=O)c1cc(-c2ccc(/C=N\NC(=O)c3ccc(OC)cc3O)o2)ccc1Cl. The van der Waals surface area contributed by atoms with Crippen molar-refractivity contribution in [3.8, 4) is 22.8 Å². The van der Waals surface area contributed by atoms with Gasteiger partial charge in [0.15, 0.2) is 0 Å². The van der Waals surface area contributed by atoms with Crippen LogP contribution in [0.4, 0.5) is 0 Å². The van der Waals surface area contributed by atoms with Crippen LogP contribution in [0.15, 0.2) is 58.0 Å². The van der Waals surface area contributed by atoms with Gasteiger partial charge in [0.2, 0.25) is 0 Å². The number of methoxy groups -OCH3 is 1. The van der Waals surface area contributed by atoms with E-state index in [0.29, 0.717) is 22.8 Å². The Balaban J connectivity index is 1.70. The van der Waals surface area contributed by atoms with E-state index >= 15 is 0 Å². The highest BCUT2D eigenvalue weighted by molar-refractivity contribution is 6.33. The summed E-state index contributed by atoms with van der Waals surface area (Å²) in [5.74, 6) is -0.0849. The van der Waals surface area contributed by atoms with E-state index < -0.39 is 11.9 Å². The molecule has 8 nitrogen and oxygen atoms in total. The first-order valence-corrected chi connectivity index (χ1v) is 9.58. The second-order valence-electron chi connectivity index (χ2n) is 6.20. The lowest BCUT2D eigenvalue weighted by molar-refractivity contribution is 0.0526. The van der Waals surface area contributed by atoms with Crippen LogP contribution in [-0.4, -0.2) is 36.9 Å². The molecule has 2 N–H and O–H groups in total. The fourth-order valence-corrected chi connectivity index (χ4v) is 2.86. The lowest BCUT2D eigenvalue weighted by atomic mass is 10.1. The van der Waals surface area contributed by atoms with E-state index in [-0.39, 0.29) is 28.5 Å². The second-order valence-corrected chi connectivity index (χ2v) is 6.61. The summed E-state index contributed by atoms with van der Waals surface area (Å²) in [6, 6.07) is 12.5. The Labute approximate surface area is 183 Å². The molecule has 0 spiro atoms. The van der Waals surface area contributed by atoms with Gasteiger partial charge in [0, 0.05) is 11.6 Å². The summed E-state index contributed by atoms with van der Waals surface area (Å²) in [6.45, 7) is 1.95. The van der Waals surface area contributed by atoms with Gasteiger partial charge in [-0.15, -0.1) is 0 Å². The van der Waals surface area contributed by atoms with Crippen molar-refractivity contribution in [3.63, 3.8) is 0 Å². The van der Waals surface area contributed by atoms with Crippen molar-refractivity contribution in [3.05, 3.63) is 70.4 Å². The number of nitrogens with one attached hydrogen (secondary N) is 1. The number of nitrogens with zero attached hydrogens (tertiary/aromatic N) is 1. The summed E-state index contributed by atoms with van der Waals surface area (Å²) in [5.41, 5.74) is 3.22. The van der Waals surface area contributed by atoms with E-state index in [2.05, 4.69) is 10.5 Å². The summed E-state index contributed by atoms with van der Waals surface area (Å²) >= 11 is 6.08. The van der Waals surface area contributed by atoms with Gasteiger partial charge in [-0.3, -0.25) is 4.79 Å². The Hall–Kier alpha value is -3.78. The van der Waals surface area contributed by atoms with Gasteiger partial charge in [-0.1, -0.05) is 11.6 Å². The van der Waals surface area contributed by atoms with E-state index in [4.69, 9.17) is 25.5 Å². The number of amides is 1. The van der Waals surface area contributed by atoms with Crippen LogP contribution in [0.25, 0.3) is 11.3 Å². The molecule has 2 aromatic carbocycles. The fourth-order valence-electron chi connectivity index (χ4n) is 2.67. The minimum Gasteiger partial charge on any atom is -0.507 e. The molecule has 0 aliphatic rings. The minimum absolute atomic E-state index is 0.0470. The number of carbonyl (C=O) groups is 2. The Morgan fingerprint density at radius 3 is 2.68 bits per heavy atom. The van der Waals surface area contributed by atoms with Crippen molar-refractivity contribution in [2.24, 2.45) is 5.10 Å². The number of rotatable bonds is 7. The van der Waals surface area contributed by atoms with E-state index in [1.54, 1.807) is 43.3 Å². The van der Waals surface area contributed by atoms with Crippen LogP contribution < -0.4 is 10.2 Å². The van der Waals surface area contributed by atoms with E-state index in [1.807, 2.05) is 0 Å². The summed E-state index contributed by atoms with van der Waals surface area (Å²) < 4.78 is 15.7. The molecular formula is C22H19ClN2O6. The molecule has 0 radical (unpaired) electrons. The second kappa shape index (κ2) is 9.82. The average molecular weight is 443 g/mol. The number of hydrogen-bond acceptors (Lipinski definition) is 7. The fraction of sp³-hybridized carbons (Fsp3) is 0.136. The Bertz CT molecular complexity index is 1140. The largest absolute Gasteiger partial charge is 0.507 e. The van der Waals surface area contributed by atoms with Crippen molar-refractivity contribution in [2.45, 2.75) is 6.92 Å². The molecule has 0 aliphatic heterocycles. The predicted octanol–water partition coefficient (Wildman–Crippen LogP) is 4.25. The first-order chi connectivity index (χ1) is 14.9. The molecule has 0 saturated heterocycles. The smallest absolute Gasteiger partial charge is 0.339 e. The Kier molecular flexibility index (Phi) is 6.94. The van der Waals surface area contributed by atoms with Gasteiger partial charge in [-0.2, -0.15) is 5.10 Å². The maximum Gasteiger partial charge on any atom is 0.339 e. The standard InChI is InChI=1S/C22H19ClN2O6/c1-3-30-22(28)17-10-13(4-8-18(17)23)20-9-6-15(31-20)12-24-25-21(27)16-7-5-14(29-2)11-19(16)26/h4-12,26H,3H2,1-2H3,(H,25,27)/b24-12-. The highest BCUT2D eigenvalue weighted by Crippen LogP contribution is 2.27. The molecule has 0 atom stereocenters. The highest BCUT2D eigenvalue weighted by Gasteiger charge is 2.15.